The minimum atomic E-state index is -4.41. The number of thiazole rings is 1. The van der Waals surface area contributed by atoms with Crippen molar-refractivity contribution in [1.82, 2.24) is 20.9 Å². The van der Waals surface area contributed by atoms with Crippen LogP contribution in [0.25, 0.3) is 0 Å². The fourth-order valence-electron chi connectivity index (χ4n) is 3.00. The zero-order valence-electron chi connectivity index (χ0n) is 16.1. The molecule has 158 valence electrons. The van der Waals surface area contributed by atoms with Gasteiger partial charge in [-0.2, -0.15) is 13.2 Å². The lowest BCUT2D eigenvalue weighted by Crippen LogP contribution is -2.41. The summed E-state index contributed by atoms with van der Waals surface area (Å²) in [5.41, 5.74) is -0.856. The molecule has 0 saturated heterocycles. The predicted octanol–water partition coefficient (Wildman–Crippen LogP) is 3.10. The van der Waals surface area contributed by atoms with E-state index in [0.717, 1.165) is 29.6 Å². The Hall–Kier alpha value is -1.84. The lowest BCUT2D eigenvalue weighted by molar-refractivity contribution is -0.140. The average molecular weight is 420 g/mol. The molecule has 1 aliphatic carbocycles. The van der Waals surface area contributed by atoms with Crippen molar-refractivity contribution >= 4 is 23.2 Å². The van der Waals surface area contributed by atoms with E-state index in [-0.39, 0.29) is 5.91 Å². The fourth-order valence-corrected chi connectivity index (χ4v) is 3.80. The first kappa shape index (κ1) is 22.4. The molecule has 0 spiro atoms. The van der Waals surface area contributed by atoms with Gasteiger partial charge in [-0.15, -0.1) is 11.3 Å². The van der Waals surface area contributed by atoms with E-state index >= 15 is 0 Å². The molecule has 0 aromatic carbocycles. The fraction of sp³-hybridized carbons (Fsp3) is 0.722. The molecule has 1 heterocycles. The van der Waals surface area contributed by atoms with Crippen molar-refractivity contribution in [2.24, 2.45) is 4.99 Å². The van der Waals surface area contributed by atoms with Crippen LogP contribution in [0.1, 0.15) is 56.2 Å². The van der Waals surface area contributed by atoms with Gasteiger partial charge in [0.25, 0.3) is 0 Å². The molecule has 28 heavy (non-hydrogen) atoms. The van der Waals surface area contributed by atoms with E-state index < -0.39 is 11.9 Å². The molecule has 0 unspecified atom stereocenters. The van der Waals surface area contributed by atoms with Gasteiger partial charge in [-0.3, -0.25) is 9.79 Å². The van der Waals surface area contributed by atoms with E-state index in [1.54, 1.807) is 0 Å². The highest BCUT2D eigenvalue weighted by Gasteiger charge is 2.33. The third kappa shape index (κ3) is 8.04. The van der Waals surface area contributed by atoms with Crippen LogP contribution in [0.4, 0.5) is 13.2 Å². The molecular weight excluding hydrogens is 391 g/mol. The Morgan fingerprint density at radius 2 is 2.04 bits per heavy atom. The van der Waals surface area contributed by atoms with Crippen molar-refractivity contribution in [2.45, 2.75) is 64.1 Å². The molecule has 1 amide bonds. The molecule has 0 bridgehead atoms. The van der Waals surface area contributed by atoms with Gasteiger partial charge in [0, 0.05) is 43.9 Å². The first-order chi connectivity index (χ1) is 13.4. The maximum absolute atomic E-state index is 12.6. The third-order valence-corrected chi connectivity index (χ3v) is 5.31. The summed E-state index contributed by atoms with van der Waals surface area (Å²) in [5.74, 6) is 0.568. The van der Waals surface area contributed by atoms with Crippen LogP contribution in [0.2, 0.25) is 0 Å². The summed E-state index contributed by atoms with van der Waals surface area (Å²) in [6, 6.07) is 0.294. The van der Waals surface area contributed by atoms with Crippen molar-refractivity contribution in [1.29, 1.82) is 0 Å². The maximum atomic E-state index is 12.6. The Morgan fingerprint density at radius 1 is 1.29 bits per heavy atom. The summed E-state index contributed by atoms with van der Waals surface area (Å²) in [6.45, 7) is 3.33. The minimum Gasteiger partial charge on any atom is -0.357 e. The van der Waals surface area contributed by atoms with Crippen molar-refractivity contribution in [3.63, 3.8) is 0 Å². The molecule has 6 nitrogen and oxygen atoms in total. The van der Waals surface area contributed by atoms with Crippen molar-refractivity contribution < 1.29 is 18.0 Å². The molecule has 1 aromatic rings. The van der Waals surface area contributed by atoms with Gasteiger partial charge in [-0.1, -0.05) is 19.3 Å². The van der Waals surface area contributed by atoms with E-state index in [2.05, 4.69) is 25.9 Å². The smallest absolute Gasteiger partial charge is 0.357 e. The molecule has 0 aliphatic heterocycles. The maximum Gasteiger partial charge on any atom is 0.434 e. The molecule has 1 aliphatic rings. The molecule has 0 radical (unpaired) electrons. The van der Waals surface area contributed by atoms with E-state index in [0.29, 0.717) is 49.5 Å². The first-order valence-electron chi connectivity index (χ1n) is 9.71. The number of amides is 1. The quantitative estimate of drug-likeness (QED) is 0.447. The zero-order valence-corrected chi connectivity index (χ0v) is 16.9. The number of nitrogens with zero attached hydrogens (tertiary/aromatic N) is 2. The molecule has 2 rings (SSSR count). The Balaban J connectivity index is 1.72. The third-order valence-electron chi connectivity index (χ3n) is 4.40. The molecule has 1 fully saturated rings. The minimum absolute atomic E-state index is 0.0257. The van der Waals surface area contributed by atoms with Crippen LogP contribution >= 0.6 is 11.3 Å². The molecule has 1 saturated carbocycles. The van der Waals surface area contributed by atoms with Crippen LogP contribution in [0.15, 0.2) is 10.4 Å². The topological polar surface area (TPSA) is 78.4 Å². The number of halogens is 3. The van der Waals surface area contributed by atoms with Gasteiger partial charge in [0.2, 0.25) is 5.91 Å². The van der Waals surface area contributed by atoms with Crippen LogP contribution in [0.3, 0.4) is 0 Å². The molecule has 0 atom stereocenters. The first-order valence-corrected chi connectivity index (χ1v) is 10.6. The summed E-state index contributed by atoms with van der Waals surface area (Å²) in [7, 11) is 0. The molecular formula is C18H28F3N5OS. The van der Waals surface area contributed by atoms with Gasteiger partial charge in [0.1, 0.15) is 0 Å². The van der Waals surface area contributed by atoms with Crippen LogP contribution in [0, 0.1) is 0 Å². The molecule has 10 heteroatoms. The SMILES string of the molecule is CCNC(=NCCc1nc(C(F)(F)F)cs1)NCCC(=O)NC1CCCCC1. The van der Waals surface area contributed by atoms with Gasteiger partial charge in [-0.05, 0) is 19.8 Å². The summed E-state index contributed by atoms with van der Waals surface area (Å²) < 4.78 is 37.7. The van der Waals surface area contributed by atoms with Crippen molar-refractivity contribution in [3.8, 4) is 0 Å². The van der Waals surface area contributed by atoms with Gasteiger partial charge >= 0.3 is 6.18 Å². The Bertz CT molecular complexity index is 641. The Labute approximate surface area is 167 Å². The second-order valence-corrected chi connectivity index (χ2v) is 7.66. The number of carbonyl (C=O) groups excluding carboxylic acids is 1. The highest BCUT2D eigenvalue weighted by molar-refractivity contribution is 7.09. The zero-order chi connectivity index (χ0) is 20.4. The van der Waals surface area contributed by atoms with Gasteiger partial charge in [-0.25, -0.2) is 4.98 Å². The van der Waals surface area contributed by atoms with Crippen LogP contribution < -0.4 is 16.0 Å². The second-order valence-electron chi connectivity index (χ2n) is 6.71. The van der Waals surface area contributed by atoms with E-state index in [9.17, 15) is 18.0 Å². The van der Waals surface area contributed by atoms with Crippen molar-refractivity contribution in [2.75, 3.05) is 19.6 Å². The highest BCUT2D eigenvalue weighted by atomic mass is 32.1. The number of hydrogen-bond acceptors (Lipinski definition) is 4. The Kier molecular flexibility index (Phi) is 9.01. The number of carbonyl (C=O) groups is 1. The average Bonchev–Trinajstić information content (AvgIpc) is 3.12. The number of aromatic nitrogens is 1. The number of guanidine groups is 1. The Morgan fingerprint density at radius 3 is 2.68 bits per heavy atom. The van der Waals surface area contributed by atoms with E-state index in [4.69, 9.17) is 0 Å². The normalized spacial score (nSPS) is 16.1. The number of aliphatic imine (C=N–C) groups is 1. The summed E-state index contributed by atoms with van der Waals surface area (Å²) in [4.78, 5) is 20.0. The van der Waals surface area contributed by atoms with Crippen LogP contribution in [-0.4, -0.2) is 42.5 Å². The summed E-state index contributed by atoms with van der Waals surface area (Å²) >= 11 is 0.986. The number of rotatable bonds is 8. The second kappa shape index (κ2) is 11.2. The largest absolute Gasteiger partial charge is 0.434 e. The standard InChI is InChI=1S/C18H28F3N5OS/c1-2-22-17(23-10-8-15(27)25-13-6-4-3-5-7-13)24-11-9-16-26-14(12-28-16)18(19,20)21/h12-13H,2-11H2,1H3,(H,25,27)(H2,22,23,24). The lowest BCUT2D eigenvalue weighted by Gasteiger charge is -2.22. The molecule has 3 N–H and O–H groups in total. The number of hydrogen-bond donors (Lipinski definition) is 3. The summed E-state index contributed by atoms with van der Waals surface area (Å²) in [6.07, 6.45) is 1.96. The van der Waals surface area contributed by atoms with Crippen molar-refractivity contribution in [3.05, 3.63) is 16.1 Å². The number of alkyl halides is 3. The van der Waals surface area contributed by atoms with Gasteiger partial charge in [0.05, 0.1) is 5.01 Å². The number of nitrogens with one attached hydrogen (secondary N) is 3. The monoisotopic (exact) mass is 419 g/mol. The van der Waals surface area contributed by atoms with E-state index in [1.165, 1.54) is 19.3 Å². The van der Waals surface area contributed by atoms with E-state index in [1.807, 2.05) is 6.92 Å². The predicted molar refractivity (Wildman–Crippen MR) is 104 cm³/mol. The van der Waals surface area contributed by atoms with Crippen LogP contribution in [-0.2, 0) is 17.4 Å². The van der Waals surface area contributed by atoms with Gasteiger partial charge < -0.3 is 16.0 Å². The molecule has 1 aromatic heterocycles. The van der Waals surface area contributed by atoms with Gasteiger partial charge in [0.15, 0.2) is 11.7 Å². The summed E-state index contributed by atoms with van der Waals surface area (Å²) in [5, 5.41) is 10.6. The highest BCUT2D eigenvalue weighted by Crippen LogP contribution is 2.30. The van der Waals surface area contributed by atoms with Crippen LogP contribution in [0.5, 0.6) is 0 Å². The lowest BCUT2D eigenvalue weighted by atomic mass is 9.95.